The van der Waals surface area contributed by atoms with Crippen LogP contribution in [0.1, 0.15) is 32.3 Å². The summed E-state index contributed by atoms with van der Waals surface area (Å²) in [6.45, 7) is 5.99. The average Bonchev–Trinajstić information content (AvgIpc) is 2.34. The highest BCUT2D eigenvalue weighted by atomic mass is 16.5. The van der Waals surface area contributed by atoms with Gasteiger partial charge in [0.2, 0.25) is 0 Å². The van der Waals surface area contributed by atoms with Crippen LogP contribution in [0.25, 0.3) is 0 Å². The summed E-state index contributed by atoms with van der Waals surface area (Å²) in [4.78, 5) is 11.5. The van der Waals surface area contributed by atoms with E-state index in [-0.39, 0.29) is 19.1 Å². The fourth-order valence-electron chi connectivity index (χ4n) is 1.54. The summed E-state index contributed by atoms with van der Waals surface area (Å²) in [6, 6.07) is 7.69. The van der Waals surface area contributed by atoms with Crippen molar-refractivity contribution in [3.05, 3.63) is 29.8 Å². The van der Waals surface area contributed by atoms with Crippen molar-refractivity contribution in [2.24, 2.45) is 0 Å². The summed E-state index contributed by atoms with van der Waals surface area (Å²) >= 11 is 0. The molecule has 0 aromatic heterocycles. The molecule has 1 aromatic rings. The van der Waals surface area contributed by atoms with Crippen molar-refractivity contribution in [3.63, 3.8) is 0 Å². The second kappa shape index (κ2) is 7.01. The van der Waals surface area contributed by atoms with Gasteiger partial charge < -0.3 is 15.2 Å². The molecule has 0 bridgehead atoms. The number of benzene rings is 1. The maximum atomic E-state index is 11.5. The van der Waals surface area contributed by atoms with Gasteiger partial charge in [0.1, 0.15) is 5.75 Å². The van der Waals surface area contributed by atoms with Crippen LogP contribution in [0.3, 0.4) is 0 Å². The molecule has 0 saturated carbocycles. The Morgan fingerprint density at radius 3 is 2.61 bits per heavy atom. The molecular formula is C14H21NO3. The number of carbonyl (C=O) groups excluding carboxylic acids is 1. The predicted molar refractivity (Wildman–Crippen MR) is 70.7 cm³/mol. The first-order valence-electron chi connectivity index (χ1n) is 6.17. The monoisotopic (exact) mass is 251 g/mol. The molecule has 4 nitrogen and oxygen atoms in total. The first kappa shape index (κ1) is 14.5. The number of hydrogen-bond donors (Lipinski definition) is 2. The summed E-state index contributed by atoms with van der Waals surface area (Å²) in [5.41, 5.74) is 1.08. The van der Waals surface area contributed by atoms with Crippen LogP contribution in [0, 0.1) is 0 Å². The van der Waals surface area contributed by atoms with E-state index < -0.39 is 6.10 Å². The maximum Gasteiger partial charge on any atom is 0.258 e. The number of hydrogen-bond acceptors (Lipinski definition) is 3. The van der Waals surface area contributed by atoms with Crippen molar-refractivity contribution >= 4 is 5.91 Å². The number of carbonyl (C=O) groups is 1. The number of para-hydroxylation sites is 1. The van der Waals surface area contributed by atoms with Crippen molar-refractivity contribution in [3.8, 4) is 5.75 Å². The van der Waals surface area contributed by atoms with Crippen LogP contribution < -0.4 is 10.1 Å². The quantitative estimate of drug-likeness (QED) is 0.809. The fraction of sp³-hybridized carbons (Fsp3) is 0.500. The lowest BCUT2D eigenvalue weighted by atomic mass is 10.0. The SMILES string of the molecule is CC(C)c1ccccc1OCC(=O)NC[C@H](C)O. The molecule has 0 heterocycles. The highest BCUT2D eigenvalue weighted by Crippen LogP contribution is 2.25. The zero-order chi connectivity index (χ0) is 13.5. The van der Waals surface area contributed by atoms with Gasteiger partial charge in [0.25, 0.3) is 5.91 Å². The molecule has 0 spiro atoms. The van der Waals surface area contributed by atoms with E-state index in [4.69, 9.17) is 9.84 Å². The van der Waals surface area contributed by atoms with Crippen LogP contribution >= 0.6 is 0 Å². The summed E-state index contributed by atoms with van der Waals surface area (Å²) in [5.74, 6) is 0.857. The summed E-state index contributed by atoms with van der Waals surface area (Å²) in [6.07, 6.45) is -0.545. The number of amides is 1. The van der Waals surface area contributed by atoms with E-state index in [2.05, 4.69) is 19.2 Å². The molecule has 0 fully saturated rings. The molecule has 1 atom stereocenters. The third-order valence-electron chi connectivity index (χ3n) is 2.49. The summed E-state index contributed by atoms with van der Waals surface area (Å²) in [7, 11) is 0. The Balaban J connectivity index is 2.50. The Kier molecular flexibility index (Phi) is 5.65. The lowest BCUT2D eigenvalue weighted by molar-refractivity contribution is -0.123. The van der Waals surface area contributed by atoms with Gasteiger partial charge in [0, 0.05) is 6.54 Å². The molecule has 100 valence electrons. The highest BCUT2D eigenvalue weighted by Gasteiger charge is 2.09. The van der Waals surface area contributed by atoms with Gasteiger partial charge in [0.05, 0.1) is 6.10 Å². The van der Waals surface area contributed by atoms with Crippen LogP contribution in [0.4, 0.5) is 0 Å². The Morgan fingerprint density at radius 1 is 1.33 bits per heavy atom. The molecule has 0 unspecified atom stereocenters. The maximum absolute atomic E-state index is 11.5. The Bertz CT molecular complexity index is 388. The smallest absolute Gasteiger partial charge is 0.258 e. The topological polar surface area (TPSA) is 58.6 Å². The van der Waals surface area contributed by atoms with Crippen LogP contribution in [0.5, 0.6) is 5.75 Å². The van der Waals surface area contributed by atoms with Crippen LogP contribution in [0.15, 0.2) is 24.3 Å². The standard InChI is InChI=1S/C14H21NO3/c1-10(2)12-6-4-5-7-13(12)18-9-14(17)15-8-11(3)16/h4-7,10-11,16H,8-9H2,1-3H3,(H,15,17)/t11-/m0/s1. The van der Waals surface area contributed by atoms with Crippen molar-refractivity contribution in [2.45, 2.75) is 32.8 Å². The lowest BCUT2D eigenvalue weighted by Crippen LogP contribution is -2.34. The first-order chi connectivity index (χ1) is 8.50. The molecule has 0 aliphatic carbocycles. The molecule has 18 heavy (non-hydrogen) atoms. The van der Waals surface area contributed by atoms with Crippen molar-refractivity contribution in [1.29, 1.82) is 0 Å². The van der Waals surface area contributed by atoms with Crippen molar-refractivity contribution < 1.29 is 14.6 Å². The molecule has 0 aliphatic heterocycles. The van der Waals surface area contributed by atoms with Gasteiger partial charge in [-0.2, -0.15) is 0 Å². The zero-order valence-corrected chi connectivity index (χ0v) is 11.1. The van der Waals surface area contributed by atoms with Crippen LogP contribution in [0.2, 0.25) is 0 Å². The largest absolute Gasteiger partial charge is 0.483 e. The number of aliphatic hydroxyl groups excluding tert-OH is 1. The van der Waals surface area contributed by atoms with Crippen LogP contribution in [-0.2, 0) is 4.79 Å². The molecule has 1 rings (SSSR count). The van der Waals surface area contributed by atoms with E-state index in [9.17, 15) is 4.79 Å². The van der Waals surface area contributed by atoms with Gasteiger partial charge in [0.15, 0.2) is 6.61 Å². The Hall–Kier alpha value is -1.55. The first-order valence-corrected chi connectivity index (χ1v) is 6.17. The predicted octanol–water partition coefficient (Wildman–Crippen LogP) is 1.69. The normalized spacial score (nSPS) is 12.3. The van der Waals surface area contributed by atoms with Crippen molar-refractivity contribution in [1.82, 2.24) is 5.32 Å². The fourth-order valence-corrected chi connectivity index (χ4v) is 1.54. The van der Waals surface area contributed by atoms with Gasteiger partial charge in [-0.3, -0.25) is 4.79 Å². The molecule has 1 aromatic carbocycles. The van der Waals surface area contributed by atoms with Crippen molar-refractivity contribution in [2.75, 3.05) is 13.2 Å². The number of aliphatic hydroxyl groups is 1. The minimum atomic E-state index is -0.545. The highest BCUT2D eigenvalue weighted by molar-refractivity contribution is 5.77. The molecule has 0 aliphatic rings. The molecule has 0 saturated heterocycles. The minimum Gasteiger partial charge on any atom is -0.483 e. The van der Waals surface area contributed by atoms with Gasteiger partial charge in [-0.25, -0.2) is 0 Å². The lowest BCUT2D eigenvalue weighted by Gasteiger charge is -2.14. The van der Waals surface area contributed by atoms with Gasteiger partial charge in [-0.05, 0) is 24.5 Å². The van der Waals surface area contributed by atoms with E-state index in [1.807, 2.05) is 24.3 Å². The summed E-state index contributed by atoms with van der Waals surface area (Å²) in [5, 5.41) is 11.6. The summed E-state index contributed by atoms with van der Waals surface area (Å²) < 4.78 is 5.50. The molecule has 0 radical (unpaired) electrons. The van der Waals surface area contributed by atoms with E-state index >= 15 is 0 Å². The van der Waals surface area contributed by atoms with Gasteiger partial charge in [-0.15, -0.1) is 0 Å². The van der Waals surface area contributed by atoms with E-state index in [0.29, 0.717) is 5.92 Å². The number of nitrogens with one attached hydrogen (secondary N) is 1. The number of ether oxygens (including phenoxy) is 1. The average molecular weight is 251 g/mol. The molecule has 1 amide bonds. The van der Waals surface area contributed by atoms with Gasteiger partial charge in [-0.1, -0.05) is 32.0 Å². The third-order valence-corrected chi connectivity index (χ3v) is 2.49. The molecular weight excluding hydrogens is 230 g/mol. The molecule has 4 heteroatoms. The number of rotatable bonds is 6. The van der Waals surface area contributed by atoms with E-state index in [1.54, 1.807) is 6.92 Å². The van der Waals surface area contributed by atoms with E-state index in [1.165, 1.54) is 0 Å². The zero-order valence-electron chi connectivity index (χ0n) is 11.1. The molecule has 2 N–H and O–H groups in total. The minimum absolute atomic E-state index is 0.0313. The second-order valence-electron chi connectivity index (χ2n) is 4.63. The Labute approximate surface area is 108 Å². The van der Waals surface area contributed by atoms with Gasteiger partial charge >= 0.3 is 0 Å². The van der Waals surface area contributed by atoms with E-state index in [0.717, 1.165) is 11.3 Å². The Morgan fingerprint density at radius 2 is 2.00 bits per heavy atom. The second-order valence-corrected chi connectivity index (χ2v) is 4.63. The van der Waals surface area contributed by atoms with Crippen LogP contribution in [-0.4, -0.2) is 30.3 Å². The third kappa shape index (κ3) is 4.75.